The quantitative estimate of drug-likeness (QED) is 0.782. The number of nitrogens with one attached hydrogen (secondary N) is 1. The van der Waals surface area contributed by atoms with Crippen molar-refractivity contribution in [2.45, 2.75) is 26.0 Å². The van der Waals surface area contributed by atoms with Gasteiger partial charge in [-0.2, -0.15) is 0 Å². The molecule has 2 rings (SSSR count). The summed E-state index contributed by atoms with van der Waals surface area (Å²) < 4.78 is 0. The molecule has 1 atom stereocenters. The molecular formula is C18H23N3O2. The molecule has 0 bridgehead atoms. The number of aliphatic hydroxyl groups is 1. The summed E-state index contributed by atoms with van der Waals surface area (Å²) in [6, 6.07) is 13.4. The van der Waals surface area contributed by atoms with Crippen LogP contribution in [0.5, 0.6) is 0 Å². The monoisotopic (exact) mass is 313 g/mol. The zero-order valence-electron chi connectivity index (χ0n) is 13.4. The minimum absolute atomic E-state index is 0.0824. The van der Waals surface area contributed by atoms with Crippen LogP contribution in [0.25, 0.3) is 0 Å². The number of aromatic nitrogens is 1. The summed E-state index contributed by atoms with van der Waals surface area (Å²) in [6.45, 7) is 3.02. The third kappa shape index (κ3) is 5.71. The fraction of sp³-hybridized carbons (Fsp3) is 0.333. The molecule has 0 aliphatic heterocycles. The predicted molar refractivity (Wildman–Crippen MR) is 91.0 cm³/mol. The van der Waals surface area contributed by atoms with Crippen LogP contribution in [0.1, 0.15) is 18.9 Å². The number of benzene rings is 1. The highest BCUT2D eigenvalue weighted by atomic mass is 16.3. The lowest BCUT2D eigenvalue weighted by atomic mass is 10.2. The summed E-state index contributed by atoms with van der Waals surface area (Å²) in [5.74, 6) is -0.0824. The highest BCUT2D eigenvalue weighted by Gasteiger charge is 2.14. The van der Waals surface area contributed by atoms with Gasteiger partial charge < -0.3 is 15.3 Å². The Hall–Kier alpha value is -2.40. The number of nitrogens with zero attached hydrogens (tertiary/aromatic N) is 2. The van der Waals surface area contributed by atoms with Crippen LogP contribution in [0.15, 0.2) is 54.9 Å². The largest absolute Gasteiger partial charge is 0.391 e. The Bertz CT molecular complexity index is 590. The third-order valence-electron chi connectivity index (χ3n) is 3.57. The SMILES string of the molecule is CCC(O)CN(CC(=O)NCc1cccnc1)c1ccccc1. The Labute approximate surface area is 137 Å². The first kappa shape index (κ1) is 17.0. The molecular weight excluding hydrogens is 290 g/mol. The van der Waals surface area contributed by atoms with E-state index >= 15 is 0 Å². The van der Waals surface area contributed by atoms with E-state index in [0.29, 0.717) is 19.5 Å². The van der Waals surface area contributed by atoms with Gasteiger partial charge in [0.15, 0.2) is 0 Å². The number of hydrogen-bond donors (Lipinski definition) is 2. The Balaban J connectivity index is 1.95. The van der Waals surface area contributed by atoms with Crippen LogP contribution >= 0.6 is 0 Å². The summed E-state index contributed by atoms with van der Waals surface area (Å²) in [6.07, 6.45) is 3.63. The van der Waals surface area contributed by atoms with E-state index in [9.17, 15) is 9.90 Å². The van der Waals surface area contributed by atoms with E-state index in [0.717, 1.165) is 11.3 Å². The number of aliphatic hydroxyl groups excluding tert-OH is 1. The van der Waals surface area contributed by atoms with Gasteiger partial charge in [0.2, 0.25) is 5.91 Å². The summed E-state index contributed by atoms with van der Waals surface area (Å²) in [5, 5.41) is 12.8. The first-order chi connectivity index (χ1) is 11.2. The minimum atomic E-state index is -0.457. The molecule has 1 aromatic carbocycles. The molecule has 0 aliphatic carbocycles. The van der Waals surface area contributed by atoms with E-state index in [1.54, 1.807) is 12.4 Å². The number of carbonyl (C=O) groups excluding carboxylic acids is 1. The first-order valence-electron chi connectivity index (χ1n) is 7.82. The second kappa shape index (κ2) is 8.90. The molecule has 1 heterocycles. The highest BCUT2D eigenvalue weighted by Crippen LogP contribution is 2.14. The van der Waals surface area contributed by atoms with Gasteiger partial charge in [0.1, 0.15) is 0 Å². The van der Waals surface area contributed by atoms with Crippen molar-refractivity contribution in [2.75, 3.05) is 18.0 Å². The molecule has 5 heteroatoms. The van der Waals surface area contributed by atoms with Crippen molar-refractivity contribution >= 4 is 11.6 Å². The van der Waals surface area contributed by atoms with E-state index in [1.165, 1.54) is 0 Å². The van der Waals surface area contributed by atoms with Crippen LogP contribution in [0.2, 0.25) is 0 Å². The summed E-state index contributed by atoms with van der Waals surface area (Å²) in [7, 11) is 0. The maximum atomic E-state index is 12.2. The molecule has 5 nitrogen and oxygen atoms in total. The van der Waals surface area contributed by atoms with E-state index < -0.39 is 6.10 Å². The zero-order valence-corrected chi connectivity index (χ0v) is 13.4. The molecule has 2 N–H and O–H groups in total. The van der Waals surface area contributed by atoms with Crippen molar-refractivity contribution < 1.29 is 9.90 Å². The molecule has 0 fully saturated rings. The summed E-state index contributed by atoms with van der Waals surface area (Å²) in [5.41, 5.74) is 1.89. The first-order valence-corrected chi connectivity index (χ1v) is 7.82. The van der Waals surface area contributed by atoms with Gasteiger partial charge in [-0.05, 0) is 30.2 Å². The van der Waals surface area contributed by atoms with Gasteiger partial charge in [-0.15, -0.1) is 0 Å². The molecule has 0 spiro atoms. The maximum Gasteiger partial charge on any atom is 0.239 e. The fourth-order valence-electron chi connectivity index (χ4n) is 2.22. The lowest BCUT2D eigenvalue weighted by molar-refractivity contribution is -0.120. The van der Waals surface area contributed by atoms with Gasteiger partial charge in [0.25, 0.3) is 0 Å². The lowest BCUT2D eigenvalue weighted by Gasteiger charge is -2.26. The van der Waals surface area contributed by atoms with Gasteiger partial charge in [-0.1, -0.05) is 31.2 Å². The normalized spacial score (nSPS) is 11.7. The van der Waals surface area contributed by atoms with Crippen LogP contribution in [0.3, 0.4) is 0 Å². The van der Waals surface area contributed by atoms with E-state index in [2.05, 4.69) is 10.3 Å². The van der Waals surface area contributed by atoms with Crippen molar-refractivity contribution in [2.24, 2.45) is 0 Å². The number of amides is 1. The van der Waals surface area contributed by atoms with Crippen molar-refractivity contribution in [1.82, 2.24) is 10.3 Å². The van der Waals surface area contributed by atoms with Gasteiger partial charge >= 0.3 is 0 Å². The van der Waals surface area contributed by atoms with E-state index in [4.69, 9.17) is 0 Å². The highest BCUT2D eigenvalue weighted by molar-refractivity contribution is 5.81. The average Bonchev–Trinajstić information content (AvgIpc) is 2.61. The number of para-hydroxylation sites is 1. The summed E-state index contributed by atoms with van der Waals surface area (Å²) in [4.78, 5) is 18.1. The number of pyridine rings is 1. The Morgan fingerprint density at radius 1 is 1.26 bits per heavy atom. The van der Waals surface area contributed by atoms with Gasteiger partial charge in [0.05, 0.1) is 12.6 Å². The predicted octanol–water partition coefficient (Wildman–Crippen LogP) is 1.98. The summed E-state index contributed by atoms with van der Waals surface area (Å²) >= 11 is 0. The second-order valence-electron chi connectivity index (χ2n) is 5.42. The molecule has 0 saturated carbocycles. The Morgan fingerprint density at radius 3 is 2.70 bits per heavy atom. The molecule has 1 aromatic heterocycles. The van der Waals surface area contributed by atoms with Crippen LogP contribution in [0, 0.1) is 0 Å². The molecule has 0 radical (unpaired) electrons. The van der Waals surface area contributed by atoms with Gasteiger partial charge in [-0.3, -0.25) is 9.78 Å². The van der Waals surface area contributed by atoms with E-state index in [1.807, 2.05) is 54.3 Å². The number of rotatable bonds is 8. The van der Waals surface area contributed by atoms with Crippen LogP contribution in [-0.4, -0.2) is 35.2 Å². The number of anilines is 1. The zero-order chi connectivity index (χ0) is 16.5. The topological polar surface area (TPSA) is 65.5 Å². The van der Waals surface area contributed by atoms with Gasteiger partial charge in [0, 0.05) is 31.2 Å². The van der Waals surface area contributed by atoms with Crippen molar-refractivity contribution in [3.05, 3.63) is 60.4 Å². The second-order valence-corrected chi connectivity index (χ2v) is 5.42. The number of carbonyl (C=O) groups is 1. The fourth-order valence-corrected chi connectivity index (χ4v) is 2.22. The minimum Gasteiger partial charge on any atom is -0.391 e. The van der Waals surface area contributed by atoms with Crippen LogP contribution in [-0.2, 0) is 11.3 Å². The average molecular weight is 313 g/mol. The molecule has 2 aromatic rings. The Morgan fingerprint density at radius 2 is 2.04 bits per heavy atom. The molecule has 1 amide bonds. The van der Waals surface area contributed by atoms with Crippen molar-refractivity contribution in [1.29, 1.82) is 0 Å². The maximum absolute atomic E-state index is 12.2. The molecule has 0 saturated heterocycles. The smallest absolute Gasteiger partial charge is 0.239 e. The molecule has 1 unspecified atom stereocenters. The van der Waals surface area contributed by atoms with E-state index in [-0.39, 0.29) is 12.5 Å². The lowest BCUT2D eigenvalue weighted by Crippen LogP contribution is -2.40. The molecule has 0 aliphatic rings. The standard InChI is InChI=1S/C18H23N3O2/c1-2-17(22)13-21(16-8-4-3-5-9-16)14-18(23)20-12-15-7-6-10-19-11-15/h3-11,17,22H,2,12-14H2,1H3,(H,20,23). The number of hydrogen-bond acceptors (Lipinski definition) is 4. The van der Waals surface area contributed by atoms with Gasteiger partial charge in [-0.25, -0.2) is 0 Å². The van der Waals surface area contributed by atoms with Crippen LogP contribution in [0.4, 0.5) is 5.69 Å². The van der Waals surface area contributed by atoms with Crippen LogP contribution < -0.4 is 10.2 Å². The van der Waals surface area contributed by atoms with Crippen molar-refractivity contribution in [3.8, 4) is 0 Å². The third-order valence-corrected chi connectivity index (χ3v) is 3.57. The Kier molecular flexibility index (Phi) is 6.56. The molecule has 23 heavy (non-hydrogen) atoms. The molecule has 122 valence electrons. The van der Waals surface area contributed by atoms with Crippen molar-refractivity contribution in [3.63, 3.8) is 0 Å².